The summed E-state index contributed by atoms with van der Waals surface area (Å²) in [6.07, 6.45) is 2.09. The molecule has 120 valence electrons. The van der Waals surface area contributed by atoms with Crippen LogP contribution in [-0.4, -0.2) is 10.2 Å². The molecule has 1 fully saturated rings. The van der Waals surface area contributed by atoms with Crippen LogP contribution in [0, 0.1) is 13.8 Å². The Kier molecular flexibility index (Phi) is 2.91. The standard InChI is InChI=1S/C20H22O2S/c1-11-5-17-13(7-15(11)21)19(3)9-20(4,10-19)14-8-16(22)12(2)6-18(14)23-17/h5-8,21-22H,9-10H2,1-4H3. The Morgan fingerprint density at radius 1 is 0.783 bits per heavy atom. The highest BCUT2D eigenvalue weighted by Crippen LogP contribution is 2.62. The van der Waals surface area contributed by atoms with E-state index in [4.69, 9.17) is 0 Å². The molecule has 2 nitrogen and oxygen atoms in total. The lowest BCUT2D eigenvalue weighted by atomic mass is 9.50. The lowest BCUT2D eigenvalue weighted by Crippen LogP contribution is -2.50. The first-order valence-electron chi connectivity index (χ1n) is 8.08. The molecule has 1 saturated carbocycles. The van der Waals surface area contributed by atoms with E-state index in [9.17, 15) is 10.2 Å². The van der Waals surface area contributed by atoms with Crippen molar-refractivity contribution in [1.29, 1.82) is 0 Å². The van der Waals surface area contributed by atoms with Crippen molar-refractivity contribution in [3.8, 4) is 11.5 Å². The number of hydrogen-bond acceptors (Lipinski definition) is 3. The molecule has 2 aromatic carbocycles. The summed E-state index contributed by atoms with van der Waals surface area (Å²) in [6.45, 7) is 8.49. The van der Waals surface area contributed by atoms with Gasteiger partial charge in [-0.2, -0.15) is 0 Å². The van der Waals surface area contributed by atoms with Gasteiger partial charge < -0.3 is 10.2 Å². The second kappa shape index (κ2) is 4.47. The smallest absolute Gasteiger partial charge is 0.118 e. The van der Waals surface area contributed by atoms with Crippen molar-refractivity contribution in [2.24, 2.45) is 0 Å². The van der Waals surface area contributed by atoms with Gasteiger partial charge in [0.1, 0.15) is 11.5 Å². The fourth-order valence-electron chi connectivity index (χ4n) is 4.62. The molecule has 5 rings (SSSR count). The van der Waals surface area contributed by atoms with E-state index in [1.165, 1.54) is 20.9 Å². The first kappa shape index (κ1) is 14.9. The van der Waals surface area contributed by atoms with Gasteiger partial charge in [0.2, 0.25) is 0 Å². The molecule has 2 heterocycles. The molecule has 1 aliphatic carbocycles. The molecule has 2 bridgehead atoms. The molecule has 3 aliphatic rings. The molecule has 0 radical (unpaired) electrons. The number of hydrogen-bond donors (Lipinski definition) is 2. The molecule has 0 atom stereocenters. The van der Waals surface area contributed by atoms with Gasteiger partial charge in [-0.3, -0.25) is 0 Å². The molecule has 2 N–H and O–H groups in total. The van der Waals surface area contributed by atoms with Crippen molar-refractivity contribution in [2.75, 3.05) is 0 Å². The van der Waals surface area contributed by atoms with Gasteiger partial charge >= 0.3 is 0 Å². The average molecular weight is 326 g/mol. The first-order valence-corrected chi connectivity index (χ1v) is 8.90. The third kappa shape index (κ3) is 2.02. The van der Waals surface area contributed by atoms with Crippen molar-refractivity contribution >= 4 is 11.8 Å². The molecule has 23 heavy (non-hydrogen) atoms. The third-order valence-electron chi connectivity index (χ3n) is 5.68. The van der Waals surface area contributed by atoms with Crippen molar-refractivity contribution < 1.29 is 10.2 Å². The Morgan fingerprint density at radius 3 is 1.57 bits per heavy atom. The predicted molar refractivity (Wildman–Crippen MR) is 93.7 cm³/mol. The number of benzene rings is 2. The Hall–Kier alpha value is -1.61. The van der Waals surface area contributed by atoms with Crippen LogP contribution < -0.4 is 0 Å². The van der Waals surface area contributed by atoms with Crippen LogP contribution in [0.25, 0.3) is 0 Å². The minimum atomic E-state index is 0.0977. The zero-order valence-corrected chi connectivity index (χ0v) is 14.8. The van der Waals surface area contributed by atoms with Gasteiger partial charge in [-0.05, 0) is 84.0 Å². The van der Waals surface area contributed by atoms with Crippen LogP contribution in [0.2, 0.25) is 0 Å². The van der Waals surface area contributed by atoms with E-state index < -0.39 is 0 Å². The van der Waals surface area contributed by atoms with Crippen LogP contribution in [0.5, 0.6) is 11.5 Å². The second-order valence-corrected chi connectivity index (χ2v) is 8.93. The minimum Gasteiger partial charge on any atom is -0.508 e. The van der Waals surface area contributed by atoms with Gasteiger partial charge in [0.15, 0.2) is 0 Å². The SMILES string of the molecule is Cc1cc2c(cc1O)C1(C)CC(C)(C1)c1cc(O)c(C)cc1S2. The number of aryl methyl sites for hydroxylation is 2. The largest absolute Gasteiger partial charge is 0.508 e. The van der Waals surface area contributed by atoms with Crippen molar-refractivity contribution in [2.45, 2.75) is 61.2 Å². The summed E-state index contributed by atoms with van der Waals surface area (Å²) in [5, 5.41) is 20.4. The molecule has 0 amide bonds. The predicted octanol–water partition coefficient (Wildman–Crippen LogP) is 5.19. The zero-order valence-electron chi connectivity index (χ0n) is 14.0. The Morgan fingerprint density at radius 2 is 1.17 bits per heavy atom. The summed E-state index contributed by atoms with van der Waals surface area (Å²) in [5.41, 5.74) is 4.55. The maximum atomic E-state index is 10.2. The molecule has 3 heteroatoms. The van der Waals surface area contributed by atoms with E-state index in [-0.39, 0.29) is 10.8 Å². The van der Waals surface area contributed by atoms with E-state index >= 15 is 0 Å². The van der Waals surface area contributed by atoms with Crippen LogP contribution in [0.4, 0.5) is 0 Å². The number of phenols is 2. The van der Waals surface area contributed by atoms with Gasteiger partial charge in [-0.1, -0.05) is 25.6 Å². The minimum absolute atomic E-state index is 0.0977. The quantitative estimate of drug-likeness (QED) is 0.700. The normalized spacial score (nSPS) is 28.2. The Labute approximate surface area is 141 Å². The molecule has 0 spiro atoms. The maximum absolute atomic E-state index is 10.2. The van der Waals surface area contributed by atoms with E-state index in [1.807, 2.05) is 26.0 Å². The highest BCUT2D eigenvalue weighted by atomic mass is 32.2. The van der Waals surface area contributed by atoms with Crippen LogP contribution in [0.1, 0.15) is 48.9 Å². The van der Waals surface area contributed by atoms with Crippen LogP contribution in [0.3, 0.4) is 0 Å². The van der Waals surface area contributed by atoms with Crippen LogP contribution in [0.15, 0.2) is 34.1 Å². The number of phenolic OH excluding ortho intramolecular Hbond substituents is 2. The van der Waals surface area contributed by atoms with Gasteiger partial charge in [-0.25, -0.2) is 0 Å². The topological polar surface area (TPSA) is 40.5 Å². The lowest BCUT2D eigenvalue weighted by Gasteiger charge is -2.56. The Balaban J connectivity index is 1.98. The highest BCUT2D eigenvalue weighted by molar-refractivity contribution is 7.99. The molecule has 0 saturated heterocycles. The summed E-state index contributed by atoms with van der Waals surface area (Å²) >= 11 is 1.77. The van der Waals surface area contributed by atoms with Crippen molar-refractivity contribution in [3.63, 3.8) is 0 Å². The van der Waals surface area contributed by atoms with E-state index in [1.54, 1.807) is 11.8 Å². The molecular weight excluding hydrogens is 304 g/mol. The van der Waals surface area contributed by atoms with Crippen molar-refractivity contribution in [1.82, 2.24) is 0 Å². The van der Waals surface area contributed by atoms with Crippen molar-refractivity contribution in [3.05, 3.63) is 46.5 Å². The van der Waals surface area contributed by atoms with Crippen LogP contribution in [-0.2, 0) is 10.8 Å². The summed E-state index contributed by atoms with van der Waals surface area (Å²) in [7, 11) is 0. The van der Waals surface area contributed by atoms with E-state index in [0.29, 0.717) is 11.5 Å². The van der Waals surface area contributed by atoms with Crippen LogP contribution >= 0.6 is 11.8 Å². The monoisotopic (exact) mass is 326 g/mol. The molecular formula is C20H22O2S. The Bertz CT molecular complexity index is 765. The zero-order chi connectivity index (χ0) is 16.6. The summed E-state index contributed by atoms with van der Waals surface area (Å²) in [5.74, 6) is 0.781. The lowest BCUT2D eigenvalue weighted by molar-refractivity contribution is 0.124. The molecule has 2 aliphatic heterocycles. The van der Waals surface area contributed by atoms with Gasteiger partial charge in [-0.15, -0.1) is 0 Å². The third-order valence-corrected chi connectivity index (χ3v) is 6.79. The van der Waals surface area contributed by atoms with Gasteiger partial charge in [0, 0.05) is 9.79 Å². The molecule has 0 aromatic heterocycles. The summed E-state index contributed by atoms with van der Waals surface area (Å²) < 4.78 is 0. The average Bonchev–Trinajstić information content (AvgIpc) is 2.43. The number of aromatic hydroxyl groups is 2. The fraction of sp³-hybridized carbons (Fsp3) is 0.400. The van der Waals surface area contributed by atoms with Gasteiger partial charge in [0.25, 0.3) is 0 Å². The molecule has 0 unspecified atom stereocenters. The van der Waals surface area contributed by atoms with E-state index in [0.717, 1.165) is 24.0 Å². The highest BCUT2D eigenvalue weighted by Gasteiger charge is 2.53. The first-order chi connectivity index (χ1) is 10.7. The number of rotatable bonds is 0. The summed E-state index contributed by atoms with van der Waals surface area (Å²) in [4.78, 5) is 2.46. The van der Waals surface area contributed by atoms with E-state index in [2.05, 4.69) is 26.0 Å². The van der Waals surface area contributed by atoms with Gasteiger partial charge in [0.05, 0.1) is 0 Å². The maximum Gasteiger partial charge on any atom is 0.118 e. The molecule has 2 aromatic rings. The second-order valence-electron chi connectivity index (χ2n) is 7.85. The fourth-order valence-corrected chi connectivity index (χ4v) is 6.16. The summed E-state index contributed by atoms with van der Waals surface area (Å²) in [6, 6.07) is 8.14.